The number of aromatic nitrogens is 1. The van der Waals surface area contributed by atoms with Gasteiger partial charge in [-0.15, -0.1) is 23.7 Å². The molecule has 130 valence electrons. The first-order valence-corrected chi connectivity index (χ1v) is 8.84. The van der Waals surface area contributed by atoms with Crippen molar-refractivity contribution in [1.82, 2.24) is 15.2 Å². The van der Waals surface area contributed by atoms with Crippen LogP contribution in [-0.4, -0.2) is 35.4 Å². The van der Waals surface area contributed by atoms with Gasteiger partial charge in [-0.25, -0.2) is 4.98 Å². The second kappa shape index (κ2) is 9.13. The summed E-state index contributed by atoms with van der Waals surface area (Å²) in [6.07, 6.45) is 1.99. The van der Waals surface area contributed by atoms with Crippen LogP contribution in [0.2, 0.25) is 0 Å². The number of carbonyl (C=O) groups is 1. The first kappa shape index (κ1) is 18.9. The van der Waals surface area contributed by atoms with Crippen molar-refractivity contribution >= 4 is 35.3 Å². The Morgan fingerprint density at radius 1 is 1.46 bits per heavy atom. The molecule has 5 nitrogen and oxygen atoms in total. The van der Waals surface area contributed by atoms with Crippen LogP contribution in [0.25, 0.3) is 0 Å². The maximum atomic E-state index is 12.2. The lowest BCUT2D eigenvalue weighted by molar-refractivity contribution is -0.117. The SMILES string of the molecule is CN(Cc1cccc(NC(=O)C2CCCN2)c1)Cc1cscn1.Cl. The van der Waals surface area contributed by atoms with Gasteiger partial charge in [0.2, 0.25) is 5.91 Å². The minimum Gasteiger partial charge on any atom is -0.325 e. The fourth-order valence-electron chi connectivity index (χ4n) is 2.84. The zero-order valence-corrected chi connectivity index (χ0v) is 15.3. The van der Waals surface area contributed by atoms with Crippen LogP contribution >= 0.6 is 23.7 Å². The van der Waals surface area contributed by atoms with E-state index in [0.717, 1.165) is 43.9 Å². The molecule has 1 amide bonds. The standard InChI is InChI=1S/C17H22N4OS.ClH/c1-21(10-15-11-23-12-19-15)9-13-4-2-5-14(8-13)20-17(22)16-6-3-7-18-16;/h2,4-5,8,11-12,16,18H,3,6-7,9-10H2,1H3,(H,20,22);1H. The van der Waals surface area contributed by atoms with Crippen molar-refractivity contribution in [3.05, 3.63) is 46.4 Å². The van der Waals surface area contributed by atoms with Crippen molar-refractivity contribution in [2.45, 2.75) is 32.0 Å². The summed E-state index contributed by atoms with van der Waals surface area (Å²) in [5, 5.41) is 8.31. The van der Waals surface area contributed by atoms with E-state index in [2.05, 4.69) is 39.0 Å². The Hall–Kier alpha value is -1.47. The van der Waals surface area contributed by atoms with Crippen molar-refractivity contribution in [2.24, 2.45) is 0 Å². The van der Waals surface area contributed by atoms with Gasteiger partial charge in [-0.3, -0.25) is 9.69 Å². The van der Waals surface area contributed by atoms with Crippen molar-refractivity contribution in [3.63, 3.8) is 0 Å². The third-order valence-electron chi connectivity index (χ3n) is 3.94. The van der Waals surface area contributed by atoms with E-state index < -0.39 is 0 Å². The number of thiazole rings is 1. The van der Waals surface area contributed by atoms with Crippen LogP contribution in [0.15, 0.2) is 35.2 Å². The zero-order valence-electron chi connectivity index (χ0n) is 13.7. The number of benzene rings is 1. The second-order valence-corrected chi connectivity index (χ2v) is 6.71. The quantitative estimate of drug-likeness (QED) is 0.825. The van der Waals surface area contributed by atoms with Gasteiger partial charge < -0.3 is 10.6 Å². The molecular formula is C17H23ClN4OS. The smallest absolute Gasteiger partial charge is 0.241 e. The Labute approximate surface area is 152 Å². The predicted octanol–water partition coefficient (Wildman–Crippen LogP) is 2.89. The van der Waals surface area contributed by atoms with Crippen LogP contribution in [-0.2, 0) is 17.9 Å². The van der Waals surface area contributed by atoms with Crippen molar-refractivity contribution < 1.29 is 4.79 Å². The fraction of sp³-hybridized carbons (Fsp3) is 0.412. The van der Waals surface area contributed by atoms with Crippen LogP contribution in [0.5, 0.6) is 0 Å². The van der Waals surface area contributed by atoms with E-state index in [1.165, 1.54) is 5.56 Å². The number of halogens is 1. The zero-order chi connectivity index (χ0) is 16.1. The van der Waals surface area contributed by atoms with E-state index in [-0.39, 0.29) is 24.4 Å². The summed E-state index contributed by atoms with van der Waals surface area (Å²) in [4.78, 5) is 18.7. The summed E-state index contributed by atoms with van der Waals surface area (Å²) >= 11 is 1.62. The van der Waals surface area contributed by atoms with Gasteiger partial charge in [-0.05, 0) is 44.1 Å². The molecule has 2 heterocycles. The Morgan fingerprint density at radius 2 is 2.33 bits per heavy atom. The summed E-state index contributed by atoms with van der Waals surface area (Å²) < 4.78 is 0. The van der Waals surface area contributed by atoms with E-state index in [9.17, 15) is 4.79 Å². The Morgan fingerprint density at radius 3 is 3.04 bits per heavy atom. The van der Waals surface area contributed by atoms with Crippen molar-refractivity contribution in [3.8, 4) is 0 Å². The molecule has 3 rings (SSSR count). The monoisotopic (exact) mass is 366 g/mol. The Bertz CT molecular complexity index is 644. The highest BCUT2D eigenvalue weighted by molar-refractivity contribution is 7.07. The van der Waals surface area contributed by atoms with E-state index in [4.69, 9.17) is 0 Å². The van der Waals surface area contributed by atoms with Crippen LogP contribution in [0.4, 0.5) is 5.69 Å². The molecule has 1 aromatic heterocycles. The largest absolute Gasteiger partial charge is 0.325 e. The van der Waals surface area contributed by atoms with Crippen LogP contribution in [0.3, 0.4) is 0 Å². The molecule has 0 spiro atoms. The average molecular weight is 367 g/mol. The summed E-state index contributed by atoms with van der Waals surface area (Å²) in [5.74, 6) is 0.0653. The predicted molar refractivity (Wildman–Crippen MR) is 101 cm³/mol. The molecule has 0 radical (unpaired) electrons. The highest BCUT2D eigenvalue weighted by atomic mass is 35.5. The number of nitrogens with zero attached hydrogens (tertiary/aromatic N) is 2. The average Bonchev–Trinajstić information content (AvgIpc) is 3.20. The number of hydrogen-bond acceptors (Lipinski definition) is 5. The van der Waals surface area contributed by atoms with Crippen molar-refractivity contribution in [2.75, 3.05) is 18.9 Å². The fourth-order valence-corrected chi connectivity index (χ4v) is 3.39. The van der Waals surface area contributed by atoms with Crippen molar-refractivity contribution in [1.29, 1.82) is 0 Å². The lowest BCUT2D eigenvalue weighted by atomic mass is 10.1. The number of carbonyl (C=O) groups excluding carboxylic acids is 1. The Balaban J connectivity index is 0.00000208. The Kier molecular flexibility index (Phi) is 7.17. The lowest BCUT2D eigenvalue weighted by Crippen LogP contribution is -2.35. The highest BCUT2D eigenvalue weighted by Gasteiger charge is 2.21. The lowest BCUT2D eigenvalue weighted by Gasteiger charge is -2.16. The minimum atomic E-state index is -0.0500. The van der Waals surface area contributed by atoms with Gasteiger partial charge in [-0.2, -0.15) is 0 Å². The molecule has 1 aliphatic heterocycles. The van der Waals surface area contributed by atoms with Crippen LogP contribution in [0, 0.1) is 0 Å². The molecular weight excluding hydrogens is 344 g/mol. The molecule has 0 saturated carbocycles. The third-order valence-corrected chi connectivity index (χ3v) is 4.57. The molecule has 1 saturated heterocycles. The summed E-state index contributed by atoms with van der Waals surface area (Å²) in [6.45, 7) is 2.58. The van der Waals surface area contributed by atoms with E-state index in [0.29, 0.717) is 0 Å². The normalized spacial score (nSPS) is 16.8. The summed E-state index contributed by atoms with van der Waals surface area (Å²) in [7, 11) is 2.08. The van der Waals surface area contributed by atoms with E-state index in [1.54, 1.807) is 11.3 Å². The van der Waals surface area contributed by atoms with E-state index in [1.807, 2.05) is 23.7 Å². The van der Waals surface area contributed by atoms with Gasteiger partial charge in [0.15, 0.2) is 0 Å². The molecule has 1 aliphatic rings. The molecule has 1 fully saturated rings. The third kappa shape index (κ3) is 5.27. The topological polar surface area (TPSA) is 57.3 Å². The molecule has 24 heavy (non-hydrogen) atoms. The number of anilines is 1. The van der Waals surface area contributed by atoms with Crippen LogP contribution < -0.4 is 10.6 Å². The molecule has 7 heteroatoms. The van der Waals surface area contributed by atoms with Gasteiger partial charge >= 0.3 is 0 Å². The minimum absolute atomic E-state index is 0. The van der Waals surface area contributed by atoms with Gasteiger partial charge in [0, 0.05) is 24.2 Å². The first-order valence-electron chi connectivity index (χ1n) is 7.89. The van der Waals surface area contributed by atoms with Gasteiger partial charge in [0.1, 0.15) is 0 Å². The summed E-state index contributed by atoms with van der Waals surface area (Å²) in [5.41, 5.74) is 4.99. The molecule has 1 atom stereocenters. The second-order valence-electron chi connectivity index (χ2n) is 5.99. The molecule has 1 aromatic carbocycles. The highest BCUT2D eigenvalue weighted by Crippen LogP contribution is 2.15. The van der Waals surface area contributed by atoms with Gasteiger partial charge in [0.25, 0.3) is 0 Å². The number of nitrogens with one attached hydrogen (secondary N) is 2. The maximum Gasteiger partial charge on any atom is 0.241 e. The molecule has 0 bridgehead atoms. The number of rotatable bonds is 6. The van der Waals surface area contributed by atoms with E-state index >= 15 is 0 Å². The van der Waals surface area contributed by atoms with Gasteiger partial charge in [-0.1, -0.05) is 12.1 Å². The summed E-state index contributed by atoms with van der Waals surface area (Å²) in [6, 6.07) is 8.01. The molecule has 2 aromatic rings. The number of hydrogen-bond donors (Lipinski definition) is 2. The molecule has 0 aliphatic carbocycles. The number of amides is 1. The first-order chi connectivity index (χ1) is 11.2. The van der Waals surface area contributed by atoms with Crippen LogP contribution in [0.1, 0.15) is 24.1 Å². The molecule has 1 unspecified atom stereocenters. The maximum absolute atomic E-state index is 12.2. The van der Waals surface area contributed by atoms with Gasteiger partial charge in [0.05, 0.1) is 17.2 Å². The molecule has 2 N–H and O–H groups in total.